The molecule has 6 amide bonds. The summed E-state index contributed by atoms with van der Waals surface area (Å²) >= 11 is 0. The van der Waals surface area contributed by atoms with Gasteiger partial charge in [0.2, 0.25) is 35.4 Å². The predicted molar refractivity (Wildman–Crippen MR) is 178 cm³/mol. The molecule has 1 aromatic rings. The van der Waals surface area contributed by atoms with E-state index in [4.69, 9.17) is 4.74 Å². The third-order valence-electron chi connectivity index (χ3n) is 9.39. The molecule has 0 radical (unpaired) electrons. The van der Waals surface area contributed by atoms with Crippen LogP contribution >= 0.6 is 0 Å². The van der Waals surface area contributed by atoms with Gasteiger partial charge in [-0.1, -0.05) is 19.4 Å². The van der Waals surface area contributed by atoms with Crippen LogP contribution in [0.2, 0.25) is 0 Å². The van der Waals surface area contributed by atoms with Gasteiger partial charge in [0.05, 0.1) is 0 Å². The number of carbonyl (C=O) groups excluding carboxylic acids is 7. The highest BCUT2D eigenvalue weighted by atomic mass is 19.1. The van der Waals surface area contributed by atoms with E-state index in [1.165, 1.54) is 41.7 Å². The summed E-state index contributed by atoms with van der Waals surface area (Å²) in [5.41, 5.74) is 0.0489. The second kappa shape index (κ2) is 17.4. The molecule has 0 unspecified atom stereocenters. The minimum absolute atomic E-state index is 0.0489. The summed E-state index contributed by atoms with van der Waals surface area (Å²) < 4.78 is 33.7. The van der Waals surface area contributed by atoms with Gasteiger partial charge in [0.1, 0.15) is 54.5 Å². The first-order valence-corrected chi connectivity index (χ1v) is 17.3. The number of ether oxygens (including phenoxy) is 1. The van der Waals surface area contributed by atoms with Crippen molar-refractivity contribution in [1.29, 1.82) is 0 Å². The van der Waals surface area contributed by atoms with Crippen LogP contribution in [-0.2, 0) is 44.7 Å². The van der Waals surface area contributed by atoms with Crippen LogP contribution in [0.3, 0.4) is 0 Å². The van der Waals surface area contributed by atoms with Crippen LogP contribution in [0.15, 0.2) is 30.4 Å². The first kappa shape index (κ1) is 38.9. The summed E-state index contributed by atoms with van der Waals surface area (Å²) in [7, 11) is 1.41. The first-order chi connectivity index (χ1) is 24.2. The van der Waals surface area contributed by atoms with Crippen LogP contribution in [0.4, 0.5) is 8.78 Å². The minimum Gasteiger partial charge on any atom is -0.461 e. The number of nitrogens with zero attached hydrogens (tertiary/aromatic N) is 3. The van der Waals surface area contributed by atoms with Crippen LogP contribution in [0.25, 0.3) is 0 Å². The van der Waals surface area contributed by atoms with Crippen molar-refractivity contribution in [2.24, 2.45) is 0 Å². The summed E-state index contributed by atoms with van der Waals surface area (Å²) in [5, 5.41) is 7.68. The Morgan fingerprint density at radius 3 is 2.24 bits per heavy atom. The number of unbranched alkanes of at least 4 members (excludes halogenated alkanes) is 1. The van der Waals surface area contributed by atoms with E-state index in [1.54, 1.807) is 6.08 Å². The van der Waals surface area contributed by atoms with E-state index < -0.39 is 95.9 Å². The molecule has 278 valence electrons. The van der Waals surface area contributed by atoms with Gasteiger partial charge in [0.15, 0.2) is 0 Å². The van der Waals surface area contributed by atoms with Crippen molar-refractivity contribution in [3.05, 3.63) is 47.5 Å². The molecule has 3 saturated heterocycles. The van der Waals surface area contributed by atoms with Crippen molar-refractivity contribution in [3.63, 3.8) is 0 Å². The summed E-state index contributed by atoms with van der Waals surface area (Å²) in [5.74, 6) is -6.65. The Morgan fingerprint density at radius 1 is 0.961 bits per heavy atom. The maximum absolute atomic E-state index is 14.2. The van der Waals surface area contributed by atoms with Crippen LogP contribution < -0.4 is 16.0 Å². The van der Waals surface area contributed by atoms with E-state index in [0.717, 1.165) is 18.6 Å². The van der Waals surface area contributed by atoms with Gasteiger partial charge in [0.25, 0.3) is 0 Å². The Balaban J connectivity index is 1.67. The van der Waals surface area contributed by atoms with Crippen molar-refractivity contribution in [2.75, 3.05) is 26.7 Å². The number of rotatable bonds is 8. The monoisotopic (exact) mass is 716 g/mol. The number of hydrogen-bond donors (Lipinski definition) is 3. The van der Waals surface area contributed by atoms with Gasteiger partial charge in [-0.3, -0.25) is 28.8 Å². The maximum atomic E-state index is 14.2. The molecular formula is C35H46F2N6O8. The molecule has 16 heteroatoms. The normalized spacial score (nSPS) is 25.7. The highest BCUT2D eigenvalue weighted by molar-refractivity contribution is 5.98. The molecular weight excluding hydrogens is 670 g/mol. The number of esters is 1. The van der Waals surface area contributed by atoms with Crippen LogP contribution in [0.1, 0.15) is 64.9 Å². The molecule has 3 heterocycles. The topological polar surface area (TPSA) is 175 Å². The van der Waals surface area contributed by atoms with Crippen LogP contribution in [0, 0.1) is 11.6 Å². The number of benzene rings is 1. The van der Waals surface area contributed by atoms with E-state index in [0.29, 0.717) is 25.3 Å². The first-order valence-electron chi connectivity index (χ1n) is 17.3. The molecule has 0 saturated carbocycles. The lowest BCUT2D eigenvalue weighted by Gasteiger charge is -2.34. The van der Waals surface area contributed by atoms with E-state index in [-0.39, 0.29) is 37.9 Å². The number of cyclic esters (lactones) is 1. The molecule has 51 heavy (non-hydrogen) atoms. The van der Waals surface area contributed by atoms with Gasteiger partial charge in [-0.15, -0.1) is 0 Å². The van der Waals surface area contributed by atoms with Crippen LogP contribution in [-0.4, -0.2) is 119 Å². The smallest absolute Gasteiger partial charge is 0.328 e. The summed E-state index contributed by atoms with van der Waals surface area (Å²) in [4.78, 5) is 98.1. The largest absolute Gasteiger partial charge is 0.461 e. The van der Waals surface area contributed by atoms with Crippen molar-refractivity contribution >= 4 is 41.4 Å². The average Bonchev–Trinajstić information content (AvgIpc) is 3.78. The van der Waals surface area contributed by atoms with Gasteiger partial charge in [-0.25, -0.2) is 13.6 Å². The second-order valence-electron chi connectivity index (χ2n) is 13.2. The quantitative estimate of drug-likeness (QED) is 0.261. The van der Waals surface area contributed by atoms with Gasteiger partial charge >= 0.3 is 5.97 Å². The number of likely N-dealkylation sites (N-methyl/N-ethyl adjacent to an activating group) is 1. The highest BCUT2D eigenvalue weighted by Gasteiger charge is 2.43. The van der Waals surface area contributed by atoms with Gasteiger partial charge < -0.3 is 35.4 Å². The van der Waals surface area contributed by atoms with Crippen molar-refractivity contribution in [3.8, 4) is 0 Å². The molecule has 4 rings (SSSR count). The lowest BCUT2D eigenvalue weighted by molar-refractivity contribution is -0.158. The third-order valence-corrected chi connectivity index (χ3v) is 9.39. The fourth-order valence-electron chi connectivity index (χ4n) is 6.47. The van der Waals surface area contributed by atoms with Gasteiger partial charge in [0, 0.05) is 32.6 Å². The number of nitrogens with one attached hydrogen (secondary N) is 3. The second-order valence-corrected chi connectivity index (χ2v) is 13.2. The lowest BCUT2D eigenvalue weighted by Crippen LogP contribution is -2.60. The zero-order valence-electron chi connectivity index (χ0n) is 29.3. The molecule has 1 aromatic carbocycles. The maximum Gasteiger partial charge on any atom is 0.328 e. The minimum atomic E-state index is -1.56. The number of allylic oxidation sites excluding steroid dienone is 1. The predicted octanol–water partition coefficient (Wildman–Crippen LogP) is 0.724. The van der Waals surface area contributed by atoms with Crippen molar-refractivity contribution in [2.45, 2.75) is 102 Å². The Labute approximate surface area is 295 Å². The van der Waals surface area contributed by atoms with Crippen LogP contribution in [0.5, 0.6) is 0 Å². The molecule has 0 aliphatic carbocycles. The molecule has 0 spiro atoms. The van der Waals surface area contributed by atoms with Crippen molar-refractivity contribution in [1.82, 2.24) is 30.7 Å². The van der Waals surface area contributed by atoms with E-state index in [9.17, 15) is 42.3 Å². The van der Waals surface area contributed by atoms with E-state index in [1.807, 2.05) is 6.92 Å². The zero-order valence-corrected chi connectivity index (χ0v) is 29.3. The molecule has 14 nitrogen and oxygen atoms in total. The Hall–Kier alpha value is -4.89. The number of fused-ring (bicyclic) bond motifs is 2. The van der Waals surface area contributed by atoms with Gasteiger partial charge in [-0.05, 0) is 69.7 Å². The SMILES string of the molecule is CCC/C=C/C(=O)N[C@H](Cc1cc(F)cc(F)c1)C(=O)N[C@H]1COC(=O)[C@@H]2CCCN2C(=O)[C@H](C)NC(=O)[C@H](C)N(C)C(=O)[C@@H]2CCCN2C1=O. The third kappa shape index (κ3) is 9.67. The molecule has 3 fully saturated rings. The number of hydrogen-bond acceptors (Lipinski definition) is 8. The Kier molecular flexibility index (Phi) is 13.2. The average molecular weight is 717 g/mol. The summed E-state index contributed by atoms with van der Waals surface area (Å²) in [6, 6.07) is -4.37. The molecule has 3 aliphatic rings. The summed E-state index contributed by atoms with van der Waals surface area (Å²) in [6.45, 7) is 4.54. The van der Waals surface area contributed by atoms with E-state index >= 15 is 0 Å². The number of halogens is 2. The van der Waals surface area contributed by atoms with Crippen molar-refractivity contribution < 1.29 is 47.1 Å². The molecule has 0 aromatic heterocycles. The Morgan fingerprint density at radius 2 is 1.59 bits per heavy atom. The lowest BCUT2D eigenvalue weighted by atomic mass is 10.0. The van der Waals surface area contributed by atoms with E-state index in [2.05, 4.69) is 16.0 Å². The number of amides is 6. The number of carbonyl (C=O) groups is 7. The van der Waals surface area contributed by atoms with Gasteiger partial charge in [-0.2, -0.15) is 0 Å². The fraction of sp³-hybridized carbons (Fsp3) is 0.571. The summed E-state index contributed by atoms with van der Waals surface area (Å²) in [6.07, 6.45) is 5.22. The fourth-order valence-corrected chi connectivity index (χ4v) is 6.47. The molecule has 6 atom stereocenters. The molecule has 3 N–H and O–H groups in total. The molecule has 0 bridgehead atoms. The Bertz CT molecular complexity index is 1540. The zero-order chi connectivity index (χ0) is 37.4. The highest BCUT2D eigenvalue weighted by Crippen LogP contribution is 2.23. The standard InChI is InChI=1S/C35H46F2N6O8/c1-5-6-7-12-29(44)39-25(17-22-15-23(36)18-24(37)16-22)31(46)40-26-19-51-35(50)28-11-9-14-43(28)32(47)20(2)38-30(45)21(3)41(4)34(49)27-10-8-13-42(27)33(26)48/h7,12,15-16,18,20-21,25-28H,5-6,8-11,13-14,17,19H2,1-4H3,(H,38,45)(H,39,44)(H,40,46)/b12-7+/t20-,21-,25+,26-,27-,28-/m0/s1. The molecule has 3 aliphatic heterocycles.